The molecule has 0 radical (unpaired) electrons. The van der Waals surface area contributed by atoms with Gasteiger partial charge in [0.25, 0.3) is 0 Å². The fourth-order valence-corrected chi connectivity index (χ4v) is 2.97. The first-order chi connectivity index (χ1) is 9.53. The molecule has 2 heterocycles. The lowest BCUT2D eigenvalue weighted by atomic mass is 10.0. The summed E-state index contributed by atoms with van der Waals surface area (Å²) in [4.78, 5) is 18.7. The minimum absolute atomic E-state index is 0.276. The summed E-state index contributed by atoms with van der Waals surface area (Å²) in [6, 6.07) is 2.35. The number of piperidine rings is 1. The van der Waals surface area contributed by atoms with Crippen molar-refractivity contribution in [3.8, 4) is 6.07 Å². The van der Waals surface area contributed by atoms with E-state index in [9.17, 15) is 4.79 Å². The van der Waals surface area contributed by atoms with Crippen LogP contribution in [0.25, 0.3) is 0 Å². The number of rotatable bonds is 3. The third kappa shape index (κ3) is 3.71. The zero-order chi connectivity index (χ0) is 14.6. The highest BCUT2D eigenvalue weighted by Crippen LogP contribution is 2.16. The molecular weight excluding hydrogens is 252 g/mol. The Morgan fingerprint density at radius 1 is 1.05 bits per heavy atom. The second-order valence-corrected chi connectivity index (χ2v) is 6.38. The lowest BCUT2D eigenvalue weighted by molar-refractivity contribution is -0.133. The summed E-state index contributed by atoms with van der Waals surface area (Å²) < 4.78 is 0. The van der Waals surface area contributed by atoms with E-state index in [2.05, 4.69) is 15.9 Å². The van der Waals surface area contributed by atoms with Crippen LogP contribution in [0.2, 0.25) is 0 Å². The fraction of sp³-hybridized carbons (Fsp3) is 0.867. The normalized spacial score (nSPS) is 22.6. The molecule has 0 saturated carbocycles. The summed E-state index contributed by atoms with van der Waals surface area (Å²) in [5.41, 5.74) is -0.400. The monoisotopic (exact) mass is 278 g/mol. The molecular formula is C15H26N4O. The van der Waals surface area contributed by atoms with E-state index in [1.807, 2.05) is 18.7 Å². The summed E-state index contributed by atoms with van der Waals surface area (Å²) in [5.74, 6) is 0.276. The molecule has 2 aliphatic rings. The second-order valence-electron chi connectivity index (χ2n) is 6.38. The lowest BCUT2D eigenvalue weighted by Crippen LogP contribution is -2.55. The third-order valence-electron chi connectivity index (χ3n) is 4.50. The number of piperazine rings is 1. The van der Waals surface area contributed by atoms with Gasteiger partial charge in [0.15, 0.2) is 0 Å². The van der Waals surface area contributed by atoms with Gasteiger partial charge in [-0.2, -0.15) is 5.26 Å². The fourth-order valence-electron chi connectivity index (χ4n) is 2.97. The molecule has 0 N–H and O–H groups in total. The van der Waals surface area contributed by atoms with E-state index in [4.69, 9.17) is 5.26 Å². The van der Waals surface area contributed by atoms with Crippen molar-refractivity contribution in [2.45, 2.75) is 38.6 Å². The van der Waals surface area contributed by atoms with Crippen molar-refractivity contribution in [2.24, 2.45) is 0 Å². The number of likely N-dealkylation sites (tertiary alicyclic amines) is 1. The molecule has 2 rings (SSSR count). The maximum absolute atomic E-state index is 12.2. The number of hydrogen-bond acceptors (Lipinski definition) is 4. The molecule has 112 valence electrons. The quantitative estimate of drug-likeness (QED) is 0.770. The van der Waals surface area contributed by atoms with E-state index >= 15 is 0 Å². The van der Waals surface area contributed by atoms with E-state index in [1.54, 1.807) is 0 Å². The molecule has 0 atom stereocenters. The van der Waals surface area contributed by atoms with E-state index < -0.39 is 5.54 Å². The molecule has 0 aromatic carbocycles. The van der Waals surface area contributed by atoms with E-state index in [0.29, 0.717) is 6.54 Å². The van der Waals surface area contributed by atoms with Crippen molar-refractivity contribution in [1.82, 2.24) is 14.7 Å². The van der Waals surface area contributed by atoms with Gasteiger partial charge in [-0.15, -0.1) is 0 Å². The first-order valence-corrected chi connectivity index (χ1v) is 7.69. The molecule has 1 amide bonds. The van der Waals surface area contributed by atoms with Gasteiger partial charge in [-0.1, -0.05) is 0 Å². The highest BCUT2D eigenvalue weighted by atomic mass is 16.2. The van der Waals surface area contributed by atoms with Gasteiger partial charge in [0.1, 0.15) is 5.54 Å². The molecule has 5 heteroatoms. The van der Waals surface area contributed by atoms with Gasteiger partial charge in [0.05, 0.1) is 12.6 Å². The standard InChI is InChI=1S/C15H26N4O/c1-15(2,13-16)19-10-8-17(9-11-19)12-14(20)18-6-4-3-5-7-18/h3-12H2,1-2H3. The Kier molecular flexibility index (Phi) is 5.00. The SMILES string of the molecule is CC(C)(C#N)N1CCN(CC(=O)N2CCCCC2)CC1. The Labute approximate surface area is 122 Å². The Bertz CT molecular complexity index is 374. The second kappa shape index (κ2) is 6.55. The summed E-state index contributed by atoms with van der Waals surface area (Å²) in [7, 11) is 0. The van der Waals surface area contributed by atoms with Crippen LogP contribution in [0, 0.1) is 11.3 Å². The maximum Gasteiger partial charge on any atom is 0.236 e. The number of nitriles is 1. The average molecular weight is 278 g/mol. The lowest BCUT2D eigenvalue weighted by Gasteiger charge is -2.40. The number of hydrogen-bond donors (Lipinski definition) is 0. The Hall–Kier alpha value is -1.12. The van der Waals surface area contributed by atoms with Crippen molar-refractivity contribution >= 4 is 5.91 Å². The minimum atomic E-state index is -0.400. The molecule has 0 aliphatic carbocycles. The van der Waals surface area contributed by atoms with Crippen molar-refractivity contribution in [2.75, 3.05) is 45.8 Å². The molecule has 2 aliphatic heterocycles. The molecule has 2 saturated heterocycles. The van der Waals surface area contributed by atoms with Gasteiger partial charge in [-0.25, -0.2) is 0 Å². The Morgan fingerprint density at radius 3 is 2.20 bits per heavy atom. The zero-order valence-corrected chi connectivity index (χ0v) is 12.8. The van der Waals surface area contributed by atoms with Crippen LogP contribution < -0.4 is 0 Å². The van der Waals surface area contributed by atoms with Gasteiger partial charge < -0.3 is 4.90 Å². The van der Waals surface area contributed by atoms with Crippen molar-refractivity contribution in [3.63, 3.8) is 0 Å². The van der Waals surface area contributed by atoms with Crippen LogP contribution in [-0.4, -0.2) is 72.0 Å². The Balaban J connectivity index is 1.77. The van der Waals surface area contributed by atoms with Gasteiger partial charge in [0.2, 0.25) is 5.91 Å². The van der Waals surface area contributed by atoms with Crippen LogP contribution in [-0.2, 0) is 4.79 Å². The summed E-state index contributed by atoms with van der Waals surface area (Å²) in [6.07, 6.45) is 3.55. The predicted octanol–water partition coefficient (Wildman–Crippen LogP) is 0.919. The number of amides is 1. The molecule has 0 bridgehead atoms. The minimum Gasteiger partial charge on any atom is -0.342 e. The van der Waals surface area contributed by atoms with E-state index in [1.165, 1.54) is 6.42 Å². The van der Waals surface area contributed by atoms with Crippen LogP contribution >= 0.6 is 0 Å². The van der Waals surface area contributed by atoms with Gasteiger partial charge in [0, 0.05) is 39.3 Å². The maximum atomic E-state index is 12.2. The van der Waals surface area contributed by atoms with Crippen LogP contribution in [0.1, 0.15) is 33.1 Å². The molecule has 0 aromatic heterocycles. The molecule has 20 heavy (non-hydrogen) atoms. The number of carbonyl (C=O) groups excluding carboxylic acids is 1. The first-order valence-electron chi connectivity index (χ1n) is 7.69. The average Bonchev–Trinajstić information content (AvgIpc) is 2.48. The molecule has 0 unspecified atom stereocenters. The van der Waals surface area contributed by atoms with Gasteiger partial charge >= 0.3 is 0 Å². The summed E-state index contributed by atoms with van der Waals surface area (Å²) in [6.45, 7) is 9.82. The van der Waals surface area contributed by atoms with E-state index in [-0.39, 0.29) is 5.91 Å². The van der Waals surface area contributed by atoms with Crippen LogP contribution in [0.4, 0.5) is 0 Å². The molecule has 5 nitrogen and oxygen atoms in total. The largest absolute Gasteiger partial charge is 0.342 e. The predicted molar refractivity (Wildman–Crippen MR) is 78.1 cm³/mol. The number of carbonyl (C=O) groups is 1. The summed E-state index contributed by atoms with van der Waals surface area (Å²) in [5, 5.41) is 9.16. The molecule has 0 aromatic rings. The Morgan fingerprint density at radius 2 is 1.65 bits per heavy atom. The first kappa shape index (κ1) is 15.3. The summed E-state index contributed by atoms with van der Waals surface area (Å²) >= 11 is 0. The van der Waals surface area contributed by atoms with Crippen LogP contribution in [0.15, 0.2) is 0 Å². The highest BCUT2D eigenvalue weighted by Gasteiger charge is 2.30. The van der Waals surface area contributed by atoms with Crippen LogP contribution in [0.3, 0.4) is 0 Å². The van der Waals surface area contributed by atoms with E-state index in [0.717, 1.165) is 52.1 Å². The van der Waals surface area contributed by atoms with Crippen molar-refractivity contribution in [3.05, 3.63) is 0 Å². The zero-order valence-electron chi connectivity index (χ0n) is 12.8. The highest BCUT2D eigenvalue weighted by molar-refractivity contribution is 5.78. The topological polar surface area (TPSA) is 50.6 Å². The van der Waals surface area contributed by atoms with Gasteiger partial charge in [-0.05, 0) is 33.1 Å². The van der Waals surface area contributed by atoms with Crippen LogP contribution in [0.5, 0.6) is 0 Å². The smallest absolute Gasteiger partial charge is 0.236 e. The van der Waals surface area contributed by atoms with Crippen molar-refractivity contribution in [1.29, 1.82) is 5.26 Å². The van der Waals surface area contributed by atoms with Crippen molar-refractivity contribution < 1.29 is 4.79 Å². The number of nitrogens with zero attached hydrogens (tertiary/aromatic N) is 4. The molecule has 2 fully saturated rings. The molecule has 0 spiro atoms. The van der Waals surface area contributed by atoms with Gasteiger partial charge in [-0.3, -0.25) is 14.6 Å². The third-order valence-corrected chi connectivity index (χ3v) is 4.50.